The van der Waals surface area contributed by atoms with Gasteiger partial charge in [-0.15, -0.1) is 0 Å². The molecular weight excluding hydrogens is 186 g/mol. The van der Waals surface area contributed by atoms with Crippen molar-refractivity contribution in [2.45, 2.75) is 18.5 Å². The van der Waals surface area contributed by atoms with Crippen molar-refractivity contribution in [1.29, 1.82) is 0 Å². The standard InChI is InChI=1S/C10H14ClNO/c1-8(12)7-13-10(11)9-5-3-2-4-6-9/h2-6,8,10H,7,12H2,1H3. The van der Waals surface area contributed by atoms with Crippen molar-refractivity contribution in [1.82, 2.24) is 0 Å². The van der Waals surface area contributed by atoms with Crippen molar-refractivity contribution < 1.29 is 4.74 Å². The molecule has 2 atom stereocenters. The summed E-state index contributed by atoms with van der Waals surface area (Å²) in [4.78, 5) is 0. The van der Waals surface area contributed by atoms with Crippen LogP contribution in [0.15, 0.2) is 30.3 Å². The summed E-state index contributed by atoms with van der Waals surface area (Å²) in [6, 6.07) is 9.68. The summed E-state index contributed by atoms with van der Waals surface area (Å²) in [5.41, 5.74) is 6.10. The summed E-state index contributed by atoms with van der Waals surface area (Å²) in [5.74, 6) is 0. The Morgan fingerprint density at radius 3 is 2.54 bits per heavy atom. The van der Waals surface area contributed by atoms with E-state index < -0.39 is 5.56 Å². The highest BCUT2D eigenvalue weighted by Crippen LogP contribution is 2.20. The van der Waals surface area contributed by atoms with E-state index in [1.807, 2.05) is 37.3 Å². The maximum absolute atomic E-state index is 5.97. The molecule has 72 valence electrons. The van der Waals surface area contributed by atoms with Crippen LogP contribution in [0.2, 0.25) is 0 Å². The molecular formula is C10H14ClNO. The third-order valence-corrected chi connectivity index (χ3v) is 1.95. The fourth-order valence-electron chi connectivity index (χ4n) is 0.937. The molecule has 1 aromatic carbocycles. The van der Waals surface area contributed by atoms with Gasteiger partial charge in [0.25, 0.3) is 0 Å². The molecule has 0 saturated heterocycles. The number of hydrogen-bond acceptors (Lipinski definition) is 2. The molecule has 0 heterocycles. The second kappa shape index (κ2) is 5.22. The van der Waals surface area contributed by atoms with Crippen molar-refractivity contribution in [3.63, 3.8) is 0 Å². The van der Waals surface area contributed by atoms with E-state index in [2.05, 4.69) is 0 Å². The number of halogens is 1. The van der Waals surface area contributed by atoms with Crippen LogP contribution in [-0.2, 0) is 4.74 Å². The summed E-state index contributed by atoms with van der Waals surface area (Å²) in [6.07, 6.45) is 0. The maximum Gasteiger partial charge on any atom is 0.156 e. The Labute approximate surface area is 83.6 Å². The summed E-state index contributed by atoms with van der Waals surface area (Å²) in [6.45, 7) is 2.36. The second-order valence-corrected chi connectivity index (χ2v) is 3.43. The molecule has 0 bridgehead atoms. The smallest absolute Gasteiger partial charge is 0.156 e. The van der Waals surface area contributed by atoms with E-state index in [0.29, 0.717) is 6.61 Å². The molecule has 0 radical (unpaired) electrons. The second-order valence-electron chi connectivity index (χ2n) is 3.04. The Hall–Kier alpha value is -0.570. The molecule has 0 aliphatic rings. The molecule has 0 saturated carbocycles. The lowest BCUT2D eigenvalue weighted by molar-refractivity contribution is 0.0991. The van der Waals surface area contributed by atoms with Gasteiger partial charge in [0.05, 0.1) is 6.61 Å². The highest BCUT2D eigenvalue weighted by molar-refractivity contribution is 6.19. The average Bonchev–Trinajstić information content (AvgIpc) is 2.15. The van der Waals surface area contributed by atoms with Crippen LogP contribution in [0.3, 0.4) is 0 Å². The minimum Gasteiger partial charge on any atom is -0.357 e. The number of rotatable bonds is 4. The quantitative estimate of drug-likeness (QED) is 0.756. The van der Waals surface area contributed by atoms with Gasteiger partial charge in [-0.1, -0.05) is 41.9 Å². The van der Waals surface area contributed by atoms with Gasteiger partial charge in [0.1, 0.15) is 0 Å². The summed E-state index contributed by atoms with van der Waals surface area (Å²) in [7, 11) is 0. The molecule has 2 N–H and O–H groups in total. The lowest BCUT2D eigenvalue weighted by Gasteiger charge is -2.12. The van der Waals surface area contributed by atoms with E-state index in [1.165, 1.54) is 0 Å². The Morgan fingerprint density at radius 2 is 2.00 bits per heavy atom. The van der Waals surface area contributed by atoms with Crippen LogP contribution in [0.4, 0.5) is 0 Å². The summed E-state index contributed by atoms with van der Waals surface area (Å²) in [5, 5.41) is 0. The van der Waals surface area contributed by atoms with E-state index >= 15 is 0 Å². The zero-order chi connectivity index (χ0) is 9.68. The van der Waals surface area contributed by atoms with E-state index in [0.717, 1.165) is 5.56 Å². The monoisotopic (exact) mass is 199 g/mol. The molecule has 0 amide bonds. The Bertz CT molecular complexity index is 238. The van der Waals surface area contributed by atoms with E-state index in [1.54, 1.807) is 0 Å². The first kappa shape index (κ1) is 10.5. The predicted octanol–water partition coefficient (Wildman–Crippen LogP) is 2.29. The van der Waals surface area contributed by atoms with Gasteiger partial charge in [0.15, 0.2) is 5.56 Å². The van der Waals surface area contributed by atoms with Crippen molar-refractivity contribution in [3.05, 3.63) is 35.9 Å². The van der Waals surface area contributed by atoms with Gasteiger partial charge in [-0.2, -0.15) is 0 Å². The Balaban J connectivity index is 2.44. The molecule has 2 unspecified atom stereocenters. The fraction of sp³-hybridized carbons (Fsp3) is 0.400. The van der Waals surface area contributed by atoms with Crippen LogP contribution < -0.4 is 5.73 Å². The Kier molecular flexibility index (Phi) is 4.22. The molecule has 0 aromatic heterocycles. The zero-order valence-corrected chi connectivity index (χ0v) is 8.37. The van der Waals surface area contributed by atoms with E-state index in [4.69, 9.17) is 22.1 Å². The van der Waals surface area contributed by atoms with E-state index in [9.17, 15) is 0 Å². The van der Waals surface area contributed by atoms with Crippen molar-refractivity contribution in [2.75, 3.05) is 6.61 Å². The first-order chi connectivity index (χ1) is 6.20. The molecule has 13 heavy (non-hydrogen) atoms. The van der Waals surface area contributed by atoms with Crippen LogP contribution in [0, 0.1) is 0 Å². The molecule has 0 aliphatic carbocycles. The Morgan fingerprint density at radius 1 is 1.38 bits per heavy atom. The largest absolute Gasteiger partial charge is 0.357 e. The minimum absolute atomic E-state index is 0.0185. The van der Waals surface area contributed by atoms with Crippen LogP contribution in [0.1, 0.15) is 18.1 Å². The first-order valence-electron chi connectivity index (χ1n) is 4.26. The highest BCUT2D eigenvalue weighted by Gasteiger charge is 2.07. The fourth-order valence-corrected chi connectivity index (χ4v) is 1.16. The average molecular weight is 200 g/mol. The zero-order valence-electron chi connectivity index (χ0n) is 7.61. The van der Waals surface area contributed by atoms with Gasteiger partial charge >= 0.3 is 0 Å². The van der Waals surface area contributed by atoms with E-state index in [-0.39, 0.29) is 6.04 Å². The van der Waals surface area contributed by atoms with Gasteiger partial charge in [-0.25, -0.2) is 0 Å². The molecule has 0 aliphatic heterocycles. The van der Waals surface area contributed by atoms with Crippen LogP contribution in [0.5, 0.6) is 0 Å². The van der Waals surface area contributed by atoms with Crippen LogP contribution in [0.25, 0.3) is 0 Å². The van der Waals surface area contributed by atoms with Gasteiger partial charge in [-0.3, -0.25) is 0 Å². The summed E-state index contributed by atoms with van der Waals surface area (Å²) < 4.78 is 5.33. The lowest BCUT2D eigenvalue weighted by atomic mass is 10.2. The number of benzene rings is 1. The minimum atomic E-state index is -0.396. The number of alkyl halides is 1. The molecule has 0 fully saturated rings. The maximum atomic E-state index is 5.97. The normalized spacial score (nSPS) is 15.3. The third kappa shape index (κ3) is 3.77. The summed E-state index contributed by atoms with van der Waals surface area (Å²) >= 11 is 5.97. The predicted molar refractivity (Wildman–Crippen MR) is 54.6 cm³/mol. The van der Waals surface area contributed by atoms with Crippen molar-refractivity contribution >= 4 is 11.6 Å². The van der Waals surface area contributed by atoms with Gasteiger partial charge in [0.2, 0.25) is 0 Å². The SMILES string of the molecule is CC(N)COC(Cl)c1ccccc1. The number of nitrogens with two attached hydrogens (primary N) is 1. The third-order valence-electron chi connectivity index (χ3n) is 1.57. The van der Waals surface area contributed by atoms with Crippen molar-refractivity contribution in [3.8, 4) is 0 Å². The van der Waals surface area contributed by atoms with Crippen LogP contribution >= 0.6 is 11.6 Å². The molecule has 3 heteroatoms. The van der Waals surface area contributed by atoms with Gasteiger partial charge < -0.3 is 10.5 Å². The molecule has 0 spiro atoms. The van der Waals surface area contributed by atoms with Gasteiger partial charge in [-0.05, 0) is 12.5 Å². The molecule has 1 aromatic rings. The number of hydrogen-bond donors (Lipinski definition) is 1. The van der Waals surface area contributed by atoms with Crippen molar-refractivity contribution in [2.24, 2.45) is 5.73 Å². The highest BCUT2D eigenvalue weighted by atomic mass is 35.5. The molecule has 1 rings (SSSR count). The molecule has 2 nitrogen and oxygen atoms in total. The lowest BCUT2D eigenvalue weighted by Crippen LogP contribution is -2.22. The topological polar surface area (TPSA) is 35.2 Å². The van der Waals surface area contributed by atoms with Crippen LogP contribution in [-0.4, -0.2) is 12.6 Å². The first-order valence-corrected chi connectivity index (χ1v) is 4.70. The van der Waals surface area contributed by atoms with Gasteiger partial charge in [0, 0.05) is 6.04 Å². The number of ether oxygens (including phenoxy) is 1.